The third kappa shape index (κ3) is 3.17. The molecule has 0 bridgehead atoms. The second kappa shape index (κ2) is 6.44. The minimum Gasteiger partial charge on any atom is -0.497 e. The summed E-state index contributed by atoms with van der Waals surface area (Å²) in [5.41, 5.74) is 1.74. The van der Waals surface area contributed by atoms with Gasteiger partial charge >= 0.3 is 0 Å². The molecule has 0 aliphatic rings. The Kier molecular flexibility index (Phi) is 5.09. The first-order valence-electron chi connectivity index (χ1n) is 5.92. The van der Waals surface area contributed by atoms with Gasteiger partial charge in [0.05, 0.1) is 7.11 Å². The minimum atomic E-state index is -0.0503. The number of benzene rings is 2. The number of ether oxygens (including phenoxy) is 1. The van der Waals surface area contributed by atoms with Crippen molar-refractivity contribution < 1.29 is 4.74 Å². The first-order valence-corrected chi connectivity index (χ1v) is 7.43. The van der Waals surface area contributed by atoms with Crippen LogP contribution in [0.2, 0.25) is 20.1 Å². The third-order valence-corrected chi connectivity index (χ3v) is 4.34. The summed E-state index contributed by atoms with van der Waals surface area (Å²) in [7, 11) is 1.57. The van der Waals surface area contributed by atoms with Gasteiger partial charge in [0, 0.05) is 26.0 Å². The molecule has 2 aromatic carbocycles. The monoisotopic (exact) mass is 348 g/mol. The van der Waals surface area contributed by atoms with E-state index in [9.17, 15) is 0 Å². The Labute approximate surface area is 138 Å². The zero-order chi connectivity index (χ0) is 14.9. The molecule has 2 aromatic rings. The van der Waals surface area contributed by atoms with E-state index in [2.05, 4.69) is 0 Å². The number of methoxy groups -OCH3 is 1. The lowest BCUT2D eigenvalue weighted by Gasteiger charge is -2.18. The zero-order valence-corrected chi connectivity index (χ0v) is 13.9. The first-order chi connectivity index (χ1) is 9.43. The highest BCUT2D eigenvalue weighted by molar-refractivity contribution is 6.37. The molecule has 0 amide bonds. The van der Waals surface area contributed by atoms with Crippen LogP contribution < -0.4 is 4.74 Å². The Hall–Kier alpha value is -0.600. The minimum absolute atomic E-state index is 0.0503. The van der Waals surface area contributed by atoms with Crippen LogP contribution >= 0.6 is 46.4 Å². The average Bonchev–Trinajstić information content (AvgIpc) is 2.37. The van der Waals surface area contributed by atoms with Gasteiger partial charge in [-0.2, -0.15) is 0 Å². The maximum Gasteiger partial charge on any atom is 0.121 e. The third-order valence-electron chi connectivity index (χ3n) is 3.15. The molecule has 0 spiro atoms. The maximum absolute atomic E-state index is 6.31. The lowest BCUT2D eigenvalue weighted by Crippen LogP contribution is -2.00. The molecule has 0 heterocycles. The molecular formula is C15H12Cl4O. The molecule has 20 heavy (non-hydrogen) atoms. The summed E-state index contributed by atoms with van der Waals surface area (Å²) < 4.78 is 5.14. The molecule has 0 saturated carbocycles. The van der Waals surface area contributed by atoms with Gasteiger partial charge in [-0.1, -0.05) is 59.4 Å². The predicted octanol–water partition coefficient (Wildman–Crippen LogP) is 6.46. The van der Waals surface area contributed by atoms with Crippen molar-refractivity contribution in [1.82, 2.24) is 0 Å². The van der Waals surface area contributed by atoms with E-state index >= 15 is 0 Å². The largest absolute Gasteiger partial charge is 0.497 e. The molecule has 1 nitrogen and oxygen atoms in total. The quantitative estimate of drug-likeness (QED) is 0.617. The van der Waals surface area contributed by atoms with E-state index in [0.29, 0.717) is 25.8 Å². The molecule has 0 fully saturated rings. The van der Waals surface area contributed by atoms with E-state index in [1.165, 1.54) is 0 Å². The second-order valence-electron chi connectivity index (χ2n) is 4.39. The molecule has 0 aromatic heterocycles. The second-order valence-corrected chi connectivity index (χ2v) is 6.05. The van der Waals surface area contributed by atoms with Gasteiger partial charge in [0.1, 0.15) is 5.75 Å². The molecule has 0 N–H and O–H groups in total. The van der Waals surface area contributed by atoms with Gasteiger partial charge in [-0.05, 0) is 35.4 Å². The number of hydrogen-bond acceptors (Lipinski definition) is 1. The van der Waals surface area contributed by atoms with E-state index in [4.69, 9.17) is 51.1 Å². The van der Waals surface area contributed by atoms with Crippen LogP contribution in [-0.4, -0.2) is 7.11 Å². The molecule has 106 valence electrons. The van der Waals surface area contributed by atoms with E-state index < -0.39 is 0 Å². The standard InChI is InChI=1S/C15H12Cl4O/c1-8(11-4-3-9(16)5-12(11)17)15-13(18)6-10(20-2)7-14(15)19/h3-8H,1-2H3. The molecule has 0 aliphatic heterocycles. The van der Waals surface area contributed by atoms with Crippen LogP contribution in [0.15, 0.2) is 30.3 Å². The summed E-state index contributed by atoms with van der Waals surface area (Å²) in [5.74, 6) is 0.573. The van der Waals surface area contributed by atoms with E-state index in [1.54, 1.807) is 31.4 Å². The van der Waals surface area contributed by atoms with Crippen molar-refractivity contribution in [2.24, 2.45) is 0 Å². The van der Waals surface area contributed by atoms with Crippen LogP contribution in [0.25, 0.3) is 0 Å². The molecular weight excluding hydrogens is 338 g/mol. The molecule has 2 rings (SSSR count). The average molecular weight is 350 g/mol. The Morgan fingerprint density at radius 3 is 2.00 bits per heavy atom. The number of rotatable bonds is 3. The fourth-order valence-electron chi connectivity index (χ4n) is 2.10. The molecule has 0 aliphatic carbocycles. The fraction of sp³-hybridized carbons (Fsp3) is 0.200. The van der Waals surface area contributed by atoms with Crippen molar-refractivity contribution in [3.05, 3.63) is 61.5 Å². The molecule has 1 atom stereocenters. The predicted molar refractivity (Wildman–Crippen MR) is 87.0 cm³/mol. The molecule has 5 heteroatoms. The van der Waals surface area contributed by atoms with Gasteiger partial charge in [0.15, 0.2) is 0 Å². The summed E-state index contributed by atoms with van der Waals surface area (Å²) in [5, 5.41) is 2.28. The summed E-state index contributed by atoms with van der Waals surface area (Å²) >= 11 is 24.8. The highest BCUT2D eigenvalue weighted by Crippen LogP contribution is 2.40. The van der Waals surface area contributed by atoms with Gasteiger partial charge in [-0.3, -0.25) is 0 Å². The van der Waals surface area contributed by atoms with Crippen LogP contribution in [0, 0.1) is 0 Å². The SMILES string of the molecule is COc1cc(Cl)c(C(C)c2ccc(Cl)cc2Cl)c(Cl)c1. The van der Waals surface area contributed by atoms with Crippen molar-refractivity contribution in [1.29, 1.82) is 0 Å². The summed E-state index contributed by atoms with van der Waals surface area (Å²) in [6.45, 7) is 1.99. The van der Waals surface area contributed by atoms with Gasteiger partial charge in [-0.15, -0.1) is 0 Å². The van der Waals surface area contributed by atoms with E-state index in [0.717, 1.165) is 11.1 Å². The summed E-state index contributed by atoms with van der Waals surface area (Å²) in [6, 6.07) is 8.86. The smallest absolute Gasteiger partial charge is 0.121 e. The fourth-order valence-corrected chi connectivity index (χ4v) is 3.47. The lowest BCUT2D eigenvalue weighted by atomic mass is 9.93. The van der Waals surface area contributed by atoms with Crippen molar-refractivity contribution in [2.45, 2.75) is 12.8 Å². The van der Waals surface area contributed by atoms with Gasteiger partial charge in [-0.25, -0.2) is 0 Å². The van der Waals surface area contributed by atoms with Crippen molar-refractivity contribution >= 4 is 46.4 Å². The highest BCUT2D eigenvalue weighted by atomic mass is 35.5. The molecule has 1 unspecified atom stereocenters. The number of halogens is 4. The van der Waals surface area contributed by atoms with Crippen LogP contribution in [-0.2, 0) is 0 Å². The summed E-state index contributed by atoms with van der Waals surface area (Å²) in [6.07, 6.45) is 0. The number of hydrogen-bond donors (Lipinski definition) is 0. The van der Waals surface area contributed by atoms with Crippen LogP contribution in [0.4, 0.5) is 0 Å². The van der Waals surface area contributed by atoms with Crippen molar-refractivity contribution in [3.63, 3.8) is 0 Å². The lowest BCUT2D eigenvalue weighted by molar-refractivity contribution is 0.414. The Bertz CT molecular complexity index is 617. The Morgan fingerprint density at radius 2 is 1.50 bits per heavy atom. The summed E-state index contributed by atoms with van der Waals surface area (Å²) in [4.78, 5) is 0. The highest BCUT2D eigenvalue weighted by Gasteiger charge is 2.19. The van der Waals surface area contributed by atoms with Crippen LogP contribution in [0.5, 0.6) is 5.75 Å². The van der Waals surface area contributed by atoms with Gasteiger partial charge in [0.25, 0.3) is 0 Å². The van der Waals surface area contributed by atoms with Gasteiger partial charge < -0.3 is 4.74 Å². The van der Waals surface area contributed by atoms with Crippen LogP contribution in [0.1, 0.15) is 24.0 Å². The molecule has 0 saturated heterocycles. The van der Waals surface area contributed by atoms with Crippen molar-refractivity contribution in [2.75, 3.05) is 7.11 Å². The Morgan fingerprint density at radius 1 is 0.900 bits per heavy atom. The Balaban J connectivity index is 2.50. The van der Waals surface area contributed by atoms with Crippen LogP contribution in [0.3, 0.4) is 0 Å². The van der Waals surface area contributed by atoms with E-state index in [1.807, 2.05) is 13.0 Å². The van der Waals surface area contributed by atoms with E-state index in [-0.39, 0.29) is 5.92 Å². The van der Waals surface area contributed by atoms with Gasteiger partial charge in [0.2, 0.25) is 0 Å². The maximum atomic E-state index is 6.31. The normalized spacial score (nSPS) is 12.3. The first kappa shape index (κ1) is 15.8. The zero-order valence-electron chi connectivity index (χ0n) is 10.9. The molecule has 0 radical (unpaired) electrons. The van der Waals surface area contributed by atoms with Crippen molar-refractivity contribution in [3.8, 4) is 5.75 Å². The topological polar surface area (TPSA) is 9.23 Å².